The molecule has 13 heteroatoms. The van der Waals surface area contributed by atoms with Crippen molar-refractivity contribution in [3.05, 3.63) is 387 Å². The van der Waals surface area contributed by atoms with Crippen molar-refractivity contribution in [2.24, 2.45) is 0 Å². The molecule has 0 saturated carbocycles. The Morgan fingerprint density at radius 1 is 0.425 bits per heavy atom. The average molecular weight is 1870 g/mol. The summed E-state index contributed by atoms with van der Waals surface area (Å²) in [5.74, 6) is 3.65. The van der Waals surface area contributed by atoms with E-state index in [1.807, 2.05) is 66.7 Å². The van der Waals surface area contributed by atoms with Crippen molar-refractivity contribution in [1.82, 2.24) is 0 Å². The van der Waals surface area contributed by atoms with Crippen LogP contribution in [0.4, 0.5) is 34.1 Å². The maximum Gasteiger partial charge on any atom is 0.355 e. The molecule has 0 amide bonds. The summed E-state index contributed by atoms with van der Waals surface area (Å²) in [7, 11) is 6.74. The minimum Gasteiger partial charge on any atom is -0.508 e. The van der Waals surface area contributed by atoms with Gasteiger partial charge in [0.2, 0.25) is 0 Å². The van der Waals surface area contributed by atoms with Crippen molar-refractivity contribution in [2.45, 2.75) is 174 Å². The Bertz CT molecular complexity index is 5670. The summed E-state index contributed by atoms with van der Waals surface area (Å²) in [5.41, 5.74) is 20.0. The van der Waals surface area contributed by atoms with Crippen LogP contribution in [0.1, 0.15) is 180 Å². The molecule has 14 aromatic carbocycles. The van der Waals surface area contributed by atoms with Gasteiger partial charge in [0.05, 0.1) is 8.93 Å². The summed E-state index contributed by atoms with van der Waals surface area (Å²) in [6.07, 6.45) is 35.1. The number of halogens is 2. The van der Waals surface area contributed by atoms with Crippen LogP contribution >= 0.6 is 47.8 Å². The second-order valence-electron chi connectivity index (χ2n) is 32.2. The van der Waals surface area contributed by atoms with E-state index in [-0.39, 0.29) is 0 Å². The molecular formula is C114H123Br2N2O6P2S+. The molecule has 0 radical (unpaired) electrons. The zero-order valence-corrected chi connectivity index (χ0v) is 80.7. The van der Waals surface area contributed by atoms with Gasteiger partial charge >= 0.3 is 1.28 Å². The van der Waals surface area contributed by atoms with E-state index in [1.54, 1.807) is 6.07 Å². The largest absolute Gasteiger partial charge is 0.508 e. The van der Waals surface area contributed by atoms with Crippen LogP contribution in [0, 0.1) is 12.3 Å². The number of aliphatic hydroxyl groups is 1. The fourth-order valence-corrected chi connectivity index (χ4v) is 16.7. The molecule has 0 aliphatic carbocycles. The zero-order chi connectivity index (χ0) is 90.5. The van der Waals surface area contributed by atoms with Crippen LogP contribution in [-0.2, 0) is 62.9 Å². The van der Waals surface area contributed by atoms with Crippen LogP contribution in [0.2, 0.25) is 0 Å². The Balaban J connectivity index is 0.000000195. The molecule has 4 unspecified atom stereocenters. The zero-order valence-electron chi connectivity index (χ0n) is 75.7. The first-order valence-electron chi connectivity index (χ1n) is 45.4. The topological polar surface area (TPSA) is 83.9 Å². The molecule has 0 saturated heterocycles. The van der Waals surface area contributed by atoms with Crippen molar-refractivity contribution in [3.63, 3.8) is 0 Å². The summed E-state index contributed by atoms with van der Waals surface area (Å²) in [5, 5.41) is 25.0. The van der Waals surface area contributed by atoms with Gasteiger partial charge in [-0.15, -0.1) is 6.42 Å². The van der Waals surface area contributed by atoms with Gasteiger partial charge < -0.3 is 39.0 Å². The first-order chi connectivity index (χ1) is 62.4. The third kappa shape index (κ3) is 27.5. The molecule has 1 aliphatic rings. The van der Waals surface area contributed by atoms with Gasteiger partial charge in [-0.1, -0.05) is 337 Å². The molecule has 1 heterocycles. The maximum absolute atomic E-state index is 10.6. The third-order valence-corrected chi connectivity index (χ3v) is 24.3. The number of methoxy groups -OCH3 is 3. The van der Waals surface area contributed by atoms with E-state index in [1.165, 1.54) is 202 Å². The number of anilines is 6. The highest BCUT2D eigenvalue weighted by molar-refractivity contribution is 9.10. The lowest BCUT2D eigenvalue weighted by atomic mass is 9.83. The molecule has 15 rings (SSSR count). The number of rotatable bonds is 35. The number of ether oxygens (including phenoxy) is 4. The number of aromatic hydroxyl groups is 1. The first-order valence-corrected chi connectivity index (χ1v) is 50.0. The van der Waals surface area contributed by atoms with Gasteiger partial charge in [-0.05, 0) is 257 Å². The average Bonchev–Trinajstić information content (AvgIpc) is 0.736. The van der Waals surface area contributed by atoms with Crippen LogP contribution in [0.5, 0.6) is 11.5 Å². The van der Waals surface area contributed by atoms with E-state index in [0.29, 0.717) is 16.9 Å². The standard InChI is InChI=1S/C55H54BrNO.C40H45NO.C15H11BrO.C4H10O3.H2P2S/c1-3-5-7-10-14-41-18-30-49(31-19-41)57(50-32-20-42(21-33-50)15-11-8-6-4-2)51-34-22-43(23-35-51)44-24-36-52-45(40-44)25-37-54-53(52)38-39-55(58-54,46-16-12-9-13-17-46)47-26-28-48(56)29-27-47;1-3-5-7-9-11-31-13-22-37(23-14-31)41(38-24-15-32(16-25-38)12-10-8-6-4-2)39-26-19-33(20-27-39)34-17-18-36-30-40(42)28-21-35(36)29-34;1-2-15(17,12-6-4-3-5-7-12)13-8-10-14(16)11-9-13;1-5-4(6-2)7-3;1-2-3/h9,12-13,16-40H,3-8,10-11,14-15H2,1-2H3;13-30,42H,3-12H2,1-2H3;1,3-11,17H;4H,1-3H3;1H2/p+1/i/hT. The molecule has 8 nitrogen and oxygen atoms in total. The molecule has 0 spiro atoms. The van der Waals surface area contributed by atoms with Crippen molar-refractivity contribution in [1.29, 1.82) is 1.28 Å². The van der Waals surface area contributed by atoms with Gasteiger partial charge in [0.1, 0.15) is 11.5 Å². The van der Waals surface area contributed by atoms with Crippen LogP contribution < -0.4 is 14.5 Å². The quantitative estimate of drug-likeness (QED) is 0.0175. The van der Waals surface area contributed by atoms with Gasteiger partial charge in [0.15, 0.2) is 30.0 Å². The Hall–Kier alpha value is -10.2. The molecule has 0 fully saturated rings. The summed E-state index contributed by atoms with van der Waals surface area (Å²) in [6, 6.07) is 113. The Morgan fingerprint density at radius 2 is 0.764 bits per heavy atom. The van der Waals surface area contributed by atoms with E-state index in [4.69, 9.17) is 12.4 Å². The summed E-state index contributed by atoms with van der Waals surface area (Å²) >= 11 is 11.3. The van der Waals surface area contributed by atoms with Gasteiger partial charge in [-0.25, -0.2) is 0 Å². The number of phenolic OH excluding ortho intramolecular Hbond substituents is 1. The Kier molecular flexibility index (Phi) is 38.6. The van der Waals surface area contributed by atoms with Crippen molar-refractivity contribution < 1.29 is 29.2 Å². The minimum absolute atomic E-state index is 0.300. The molecule has 127 heavy (non-hydrogen) atoms. The highest BCUT2D eigenvalue weighted by atomic mass is 79.9. The maximum atomic E-state index is 10.6. The number of fused-ring (bicyclic) bond motifs is 4. The minimum atomic E-state index is -1.37. The number of benzene rings is 14. The first kappa shape index (κ1) is 95.9. The molecule has 1 aliphatic heterocycles. The fourth-order valence-electron chi connectivity index (χ4n) is 16.2. The Morgan fingerprint density at radius 3 is 1.16 bits per heavy atom. The predicted octanol–water partition coefficient (Wildman–Crippen LogP) is 32.7. The van der Waals surface area contributed by atoms with E-state index in [9.17, 15) is 10.2 Å². The SMILES string of the molecule is C#CC(O)(c1ccccc1)c1ccc(Br)cc1.CCCCCCc1ccc(N(c2ccc(CCCCCC)cc2)c2ccc(-c3ccc4c5c(ccc4c3)OC(c3ccccc3)(c3ccc(Br)cc3)C=C5)cc2)cc1.CCCCCCc1ccc(N(c2ccc(CCCCCC)cc2)c2ccc(-c3ccc4cc(O)ccc4c3)cc2)cc1.COC(OC)OC.[3H][P+](P)=S. The summed E-state index contributed by atoms with van der Waals surface area (Å²) in [4.78, 5) is 4.77. The van der Waals surface area contributed by atoms with Crippen LogP contribution in [-0.4, -0.2) is 39.3 Å². The molecule has 654 valence electrons. The Labute approximate surface area is 783 Å². The van der Waals surface area contributed by atoms with Crippen LogP contribution in [0.3, 0.4) is 0 Å². The highest BCUT2D eigenvalue weighted by Gasteiger charge is 2.38. The molecule has 4 atom stereocenters. The van der Waals surface area contributed by atoms with Crippen molar-refractivity contribution >= 4 is 121 Å². The van der Waals surface area contributed by atoms with Crippen molar-refractivity contribution in [2.75, 3.05) is 31.1 Å². The van der Waals surface area contributed by atoms with Gasteiger partial charge in [0.25, 0.3) is 6.48 Å². The molecule has 14 aromatic rings. The third-order valence-electron chi connectivity index (χ3n) is 23.3. The van der Waals surface area contributed by atoms with E-state index < -0.39 is 24.7 Å². The number of unbranched alkanes of at least 4 members (excludes halogenated alkanes) is 12. The fraction of sp³-hybridized carbons (Fsp3) is 0.263. The number of phenols is 1. The van der Waals surface area contributed by atoms with Crippen LogP contribution in [0.25, 0.3) is 49.9 Å². The number of nitrogens with zero attached hydrogens (tertiary/aromatic N) is 2. The number of hydrogen-bond acceptors (Lipinski definition) is 9. The number of hydrogen-bond donors (Lipinski definition) is 2. The molecule has 2 N–H and O–H groups in total. The van der Waals surface area contributed by atoms with E-state index >= 15 is 0 Å². The normalized spacial score (nSPS) is 13.1. The van der Waals surface area contributed by atoms with Gasteiger partial charge in [-0.2, -0.15) is 0 Å². The highest BCUT2D eigenvalue weighted by Crippen LogP contribution is 2.46. The summed E-state index contributed by atoms with van der Waals surface area (Å²) in [6.45, 7) is 7.70. The van der Waals surface area contributed by atoms with Crippen LogP contribution in [0.15, 0.2) is 337 Å². The van der Waals surface area contributed by atoms with Gasteiger partial charge in [0, 0.05) is 92.2 Å². The predicted molar refractivity (Wildman–Crippen MR) is 555 cm³/mol. The van der Waals surface area contributed by atoms with Crippen molar-refractivity contribution in [3.8, 4) is 46.1 Å². The van der Waals surface area contributed by atoms with Gasteiger partial charge in [-0.3, -0.25) is 0 Å². The smallest absolute Gasteiger partial charge is 0.355 e. The molecule has 0 aromatic heterocycles. The second-order valence-corrected chi connectivity index (χ2v) is 36.8. The summed E-state index contributed by atoms with van der Waals surface area (Å²) < 4.78 is 29.3. The lowest BCUT2D eigenvalue weighted by Gasteiger charge is -2.36. The monoisotopic (exact) mass is 1870 g/mol. The molecule has 0 bridgehead atoms. The lowest BCUT2D eigenvalue weighted by molar-refractivity contribution is -0.252. The lowest BCUT2D eigenvalue weighted by Crippen LogP contribution is -2.34. The second kappa shape index (κ2) is 51.1. The molecular weight excluding hydrogens is 1750 g/mol. The number of aryl methyl sites for hydroxylation is 4. The van der Waals surface area contributed by atoms with E-state index in [2.05, 4.69) is 371 Å². The number of terminal acetylenes is 1. The van der Waals surface area contributed by atoms with E-state index in [0.717, 1.165) is 79.2 Å².